The third kappa shape index (κ3) is 3.12. The van der Waals surface area contributed by atoms with Gasteiger partial charge in [-0.2, -0.15) is 0 Å². The molecule has 2 aliphatic rings. The Bertz CT molecular complexity index is 774. The van der Waals surface area contributed by atoms with Crippen molar-refractivity contribution in [3.05, 3.63) is 52.5 Å². The second kappa shape index (κ2) is 7.17. The van der Waals surface area contributed by atoms with Crippen LogP contribution in [0.4, 0.5) is 4.79 Å². The molecule has 2 aromatic rings. The summed E-state index contributed by atoms with van der Waals surface area (Å²) in [6, 6.07) is 9.64. The number of thiazole rings is 1. The molecule has 0 saturated carbocycles. The number of imide groups is 1. The van der Waals surface area contributed by atoms with E-state index in [0.29, 0.717) is 6.42 Å². The Labute approximate surface area is 156 Å². The number of amides is 3. The van der Waals surface area contributed by atoms with Gasteiger partial charge in [0.1, 0.15) is 10.5 Å². The molecular formula is C19H22N4O2S. The Morgan fingerprint density at radius 1 is 1.19 bits per heavy atom. The molecule has 136 valence electrons. The van der Waals surface area contributed by atoms with Crippen LogP contribution in [-0.4, -0.2) is 40.5 Å². The van der Waals surface area contributed by atoms with E-state index < -0.39 is 5.54 Å². The summed E-state index contributed by atoms with van der Waals surface area (Å²) in [5.41, 5.74) is 0.202. The lowest BCUT2D eigenvalue weighted by Crippen LogP contribution is -2.57. The van der Waals surface area contributed by atoms with Gasteiger partial charge in [0.2, 0.25) is 0 Å². The predicted octanol–water partition coefficient (Wildman–Crippen LogP) is 2.18. The molecular weight excluding hydrogens is 348 g/mol. The van der Waals surface area contributed by atoms with Crippen molar-refractivity contribution in [2.45, 2.75) is 31.3 Å². The molecule has 3 amide bonds. The number of nitrogens with zero attached hydrogens (tertiary/aromatic N) is 2. The number of carbonyl (C=O) groups excluding carboxylic acids is 2. The number of urea groups is 1. The molecule has 3 heterocycles. The van der Waals surface area contributed by atoms with E-state index >= 15 is 0 Å². The van der Waals surface area contributed by atoms with Gasteiger partial charge in [-0.15, -0.1) is 11.3 Å². The second-order valence-corrected chi connectivity index (χ2v) is 7.88. The van der Waals surface area contributed by atoms with Gasteiger partial charge in [0.15, 0.2) is 0 Å². The quantitative estimate of drug-likeness (QED) is 0.791. The Balaban J connectivity index is 1.66. The molecule has 0 radical (unpaired) electrons. The smallest absolute Gasteiger partial charge is 0.322 e. The van der Waals surface area contributed by atoms with Crippen LogP contribution in [0, 0.1) is 5.92 Å². The van der Waals surface area contributed by atoms with Crippen molar-refractivity contribution in [1.29, 1.82) is 0 Å². The first-order valence-corrected chi connectivity index (χ1v) is 9.84. The summed E-state index contributed by atoms with van der Waals surface area (Å²) in [5.74, 6) is 0.00940. The van der Waals surface area contributed by atoms with Gasteiger partial charge in [-0.1, -0.05) is 30.3 Å². The molecule has 7 heteroatoms. The summed E-state index contributed by atoms with van der Waals surface area (Å²) in [5, 5.41) is 9.06. The molecule has 1 aromatic heterocycles. The van der Waals surface area contributed by atoms with Gasteiger partial charge < -0.3 is 10.6 Å². The van der Waals surface area contributed by atoms with E-state index in [2.05, 4.69) is 15.6 Å². The molecule has 4 rings (SSSR count). The normalized spacial score (nSPS) is 24.1. The van der Waals surface area contributed by atoms with Crippen molar-refractivity contribution < 1.29 is 9.59 Å². The maximum Gasteiger partial charge on any atom is 0.325 e. The SMILES string of the molecule is O=C1N[C@@](Cc2ccccc2)(C2CCNCC2)C(=O)N1Cc1nccs1. The number of rotatable bonds is 5. The summed E-state index contributed by atoms with van der Waals surface area (Å²) in [6.07, 6.45) is 3.98. The highest BCUT2D eigenvalue weighted by atomic mass is 32.1. The van der Waals surface area contributed by atoms with E-state index in [4.69, 9.17) is 0 Å². The van der Waals surface area contributed by atoms with E-state index in [-0.39, 0.29) is 24.4 Å². The lowest BCUT2D eigenvalue weighted by Gasteiger charge is -2.38. The number of aromatic nitrogens is 1. The molecule has 0 bridgehead atoms. The summed E-state index contributed by atoms with van der Waals surface area (Å²) in [4.78, 5) is 31.7. The molecule has 1 aromatic carbocycles. The highest BCUT2D eigenvalue weighted by molar-refractivity contribution is 7.09. The summed E-state index contributed by atoms with van der Waals surface area (Å²) in [7, 11) is 0. The Morgan fingerprint density at radius 3 is 2.65 bits per heavy atom. The Hall–Kier alpha value is -2.25. The first-order valence-electron chi connectivity index (χ1n) is 8.96. The van der Waals surface area contributed by atoms with Crippen LogP contribution in [0.15, 0.2) is 41.9 Å². The topological polar surface area (TPSA) is 74.3 Å². The minimum absolute atomic E-state index is 0.117. The van der Waals surface area contributed by atoms with Crippen molar-refractivity contribution in [2.24, 2.45) is 5.92 Å². The summed E-state index contributed by atoms with van der Waals surface area (Å²) in [6.45, 7) is 1.98. The van der Waals surface area contributed by atoms with Crippen molar-refractivity contribution in [2.75, 3.05) is 13.1 Å². The van der Waals surface area contributed by atoms with Gasteiger partial charge in [0.25, 0.3) is 5.91 Å². The predicted molar refractivity (Wildman–Crippen MR) is 99.7 cm³/mol. The molecule has 0 aliphatic carbocycles. The molecule has 0 unspecified atom stereocenters. The molecule has 0 spiro atoms. The van der Waals surface area contributed by atoms with Crippen LogP contribution in [0.1, 0.15) is 23.4 Å². The highest BCUT2D eigenvalue weighted by Crippen LogP contribution is 2.35. The monoisotopic (exact) mass is 370 g/mol. The maximum absolute atomic E-state index is 13.5. The molecule has 6 nitrogen and oxygen atoms in total. The average molecular weight is 370 g/mol. The van der Waals surface area contributed by atoms with E-state index in [1.165, 1.54) is 16.2 Å². The lowest BCUT2D eigenvalue weighted by atomic mass is 9.74. The molecule has 26 heavy (non-hydrogen) atoms. The molecule has 2 aliphatic heterocycles. The Kier molecular flexibility index (Phi) is 4.74. The van der Waals surface area contributed by atoms with Crippen LogP contribution in [0.3, 0.4) is 0 Å². The van der Waals surface area contributed by atoms with Crippen molar-refractivity contribution in [3.8, 4) is 0 Å². The van der Waals surface area contributed by atoms with Crippen molar-refractivity contribution in [3.63, 3.8) is 0 Å². The zero-order chi connectivity index (χ0) is 18.0. The molecule has 1 atom stereocenters. The molecule has 2 saturated heterocycles. The first kappa shape index (κ1) is 17.2. The lowest BCUT2D eigenvalue weighted by molar-refractivity contribution is -0.134. The van der Waals surface area contributed by atoms with Gasteiger partial charge >= 0.3 is 6.03 Å². The minimum atomic E-state index is -0.863. The zero-order valence-electron chi connectivity index (χ0n) is 14.5. The largest absolute Gasteiger partial charge is 0.325 e. The van der Waals surface area contributed by atoms with Gasteiger partial charge in [-0.25, -0.2) is 9.78 Å². The van der Waals surface area contributed by atoms with Gasteiger partial charge in [0, 0.05) is 18.0 Å². The summed E-state index contributed by atoms with van der Waals surface area (Å²) >= 11 is 1.46. The number of carbonyl (C=O) groups is 2. The number of piperidine rings is 1. The fourth-order valence-electron chi connectivity index (χ4n) is 4.03. The minimum Gasteiger partial charge on any atom is -0.322 e. The van der Waals surface area contributed by atoms with Crippen LogP contribution < -0.4 is 10.6 Å². The van der Waals surface area contributed by atoms with Crippen LogP contribution in [0.5, 0.6) is 0 Å². The fourth-order valence-corrected chi connectivity index (χ4v) is 4.63. The maximum atomic E-state index is 13.5. The van der Waals surface area contributed by atoms with Crippen LogP contribution >= 0.6 is 11.3 Å². The van der Waals surface area contributed by atoms with E-state index in [0.717, 1.165) is 36.5 Å². The number of hydrogen-bond donors (Lipinski definition) is 2. The second-order valence-electron chi connectivity index (χ2n) is 6.91. The van der Waals surface area contributed by atoms with Gasteiger partial charge in [-0.3, -0.25) is 9.69 Å². The van der Waals surface area contributed by atoms with E-state index in [1.807, 2.05) is 35.7 Å². The zero-order valence-corrected chi connectivity index (χ0v) is 15.3. The third-order valence-electron chi connectivity index (χ3n) is 5.34. The van der Waals surface area contributed by atoms with Crippen LogP contribution in [0.25, 0.3) is 0 Å². The molecule has 2 fully saturated rings. The Morgan fingerprint density at radius 2 is 1.96 bits per heavy atom. The van der Waals surface area contributed by atoms with Gasteiger partial charge in [-0.05, 0) is 37.4 Å². The first-order chi connectivity index (χ1) is 12.7. The van der Waals surface area contributed by atoms with Gasteiger partial charge in [0.05, 0.1) is 6.54 Å². The third-order valence-corrected chi connectivity index (χ3v) is 6.11. The van der Waals surface area contributed by atoms with Crippen LogP contribution in [0.2, 0.25) is 0 Å². The fraction of sp³-hybridized carbons (Fsp3) is 0.421. The van der Waals surface area contributed by atoms with Crippen molar-refractivity contribution in [1.82, 2.24) is 20.5 Å². The highest BCUT2D eigenvalue weighted by Gasteiger charge is 2.55. The summed E-state index contributed by atoms with van der Waals surface area (Å²) < 4.78 is 0. The van der Waals surface area contributed by atoms with Crippen LogP contribution in [-0.2, 0) is 17.8 Å². The average Bonchev–Trinajstić information content (AvgIpc) is 3.27. The van der Waals surface area contributed by atoms with Crippen molar-refractivity contribution >= 4 is 23.3 Å². The number of benzene rings is 1. The van der Waals surface area contributed by atoms with E-state index in [1.54, 1.807) is 6.20 Å². The van der Waals surface area contributed by atoms with E-state index in [9.17, 15) is 9.59 Å². The number of hydrogen-bond acceptors (Lipinski definition) is 5. The number of nitrogens with one attached hydrogen (secondary N) is 2. The molecule has 2 N–H and O–H groups in total. The standard InChI is InChI=1S/C19H22N4O2S/c24-17-19(15-6-8-20-9-7-15,12-14-4-2-1-3-5-14)22-18(25)23(17)13-16-21-10-11-26-16/h1-5,10-11,15,20H,6-9,12-13H2,(H,22,25)/t19-/m0/s1.